The lowest BCUT2D eigenvalue weighted by atomic mass is 10.2. The van der Waals surface area contributed by atoms with E-state index < -0.39 is 5.97 Å². The fourth-order valence-corrected chi connectivity index (χ4v) is 0.555. The van der Waals surface area contributed by atoms with E-state index in [1.807, 2.05) is 0 Å². The zero-order valence-corrected chi connectivity index (χ0v) is 5.19. The summed E-state index contributed by atoms with van der Waals surface area (Å²) in [6.07, 6.45) is 4.47. The number of carboxylic acids is 1. The smallest absolute Gasteiger partial charge is 0.333 e. The summed E-state index contributed by atoms with van der Waals surface area (Å²) in [5.74, 6) is -0.939. The highest BCUT2D eigenvalue weighted by molar-refractivity contribution is 5.92. The van der Waals surface area contributed by atoms with Crippen LogP contribution in [0.25, 0.3) is 0 Å². The molecule has 0 atom stereocenters. The fourth-order valence-electron chi connectivity index (χ4n) is 0.555. The summed E-state index contributed by atoms with van der Waals surface area (Å²) < 4.78 is 0. The molecule has 1 aliphatic heterocycles. The summed E-state index contributed by atoms with van der Waals surface area (Å²) in [7, 11) is 0. The lowest BCUT2D eigenvalue weighted by Crippen LogP contribution is -1.99. The highest BCUT2D eigenvalue weighted by atomic mass is 16.4. The third-order valence-corrected chi connectivity index (χ3v) is 1.06. The largest absolute Gasteiger partial charge is 0.478 e. The van der Waals surface area contributed by atoms with Gasteiger partial charge in [0.05, 0.1) is 5.57 Å². The summed E-state index contributed by atoms with van der Waals surface area (Å²) in [5, 5.41) is 8.46. The molecular formula is C6H6N2O2. The highest BCUT2D eigenvalue weighted by Crippen LogP contribution is 2.01. The molecule has 52 valence electrons. The maximum Gasteiger partial charge on any atom is 0.333 e. The lowest BCUT2D eigenvalue weighted by molar-refractivity contribution is -0.132. The standard InChI is InChI=1S/C6H6N2O2/c9-6(10)5-1-2-7-4-8-3-5/h2-4H,1H2,(H,9,10). The maximum absolute atomic E-state index is 10.3. The summed E-state index contributed by atoms with van der Waals surface area (Å²) in [5.41, 5.74) is 0.262. The molecule has 4 nitrogen and oxygen atoms in total. The van der Waals surface area contributed by atoms with Crippen LogP contribution < -0.4 is 0 Å². The summed E-state index contributed by atoms with van der Waals surface area (Å²) >= 11 is 0. The normalized spacial score (nSPS) is 16.2. The van der Waals surface area contributed by atoms with Crippen molar-refractivity contribution in [3.63, 3.8) is 0 Å². The van der Waals surface area contributed by atoms with Gasteiger partial charge in [0.1, 0.15) is 6.34 Å². The van der Waals surface area contributed by atoms with Crippen LogP contribution in [0.15, 0.2) is 21.8 Å². The van der Waals surface area contributed by atoms with Crippen LogP contribution in [0, 0.1) is 0 Å². The average Bonchev–Trinajstić information content (AvgIpc) is 2.12. The Hall–Kier alpha value is -1.45. The second-order valence-electron chi connectivity index (χ2n) is 1.76. The van der Waals surface area contributed by atoms with E-state index in [0.29, 0.717) is 6.42 Å². The van der Waals surface area contributed by atoms with Crippen LogP contribution in [0.2, 0.25) is 0 Å². The first-order chi connectivity index (χ1) is 4.80. The maximum atomic E-state index is 10.3. The van der Waals surface area contributed by atoms with Gasteiger partial charge in [-0.05, 0) is 0 Å². The lowest BCUT2D eigenvalue weighted by Gasteiger charge is -1.90. The fraction of sp³-hybridized carbons (Fsp3) is 0.167. The molecule has 0 aromatic carbocycles. The van der Waals surface area contributed by atoms with E-state index in [0.717, 1.165) is 0 Å². The molecular weight excluding hydrogens is 132 g/mol. The molecule has 0 fully saturated rings. The molecule has 0 amide bonds. The Bertz CT molecular complexity index is 228. The van der Waals surface area contributed by atoms with Gasteiger partial charge in [0.2, 0.25) is 0 Å². The minimum Gasteiger partial charge on any atom is -0.478 e. The van der Waals surface area contributed by atoms with Crippen molar-refractivity contribution in [2.45, 2.75) is 6.42 Å². The molecule has 0 saturated carbocycles. The molecule has 1 rings (SSSR count). The number of hydrogen-bond acceptors (Lipinski definition) is 3. The number of carboxylic acid groups (broad SMARTS) is 1. The molecule has 0 bridgehead atoms. The monoisotopic (exact) mass is 138 g/mol. The van der Waals surface area contributed by atoms with Crippen molar-refractivity contribution in [2.24, 2.45) is 9.98 Å². The highest BCUT2D eigenvalue weighted by Gasteiger charge is 2.04. The predicted molar refractivity (Wildman–Crippen MR) is 37.3 cm³/mol. The van der Waals surface area contributed by atoms with Crippen LogP contribution in [0.4, 0.5) is 0 Å². The molecule has 0 aliphatic carbocycles. The van der Waals surface area contributed by atoms with E-state index in [-0.39, 0.29) is 5.57 Å². The van der Waals surface area contributed by atoms with Crippen LogP contribution in [0.3, 0.4) is 0 Å². The molecule has 1 heterocycles. The van der Waals surface area contributed by atoms with E-state index >= 15 is 0 Å². The van der Waals surface area contributed by atoms with Crippen LogP contribution >= 0.6 is 0 Å². The van der Waals surface area contributed by atoms with E-state index in [1.54, 1.807) is 0 Å². The predicted octanol–water partition coefficient (Wildman–Crippen LogP) is 0.458. The average molecular weight is 138 g/mol. The molecule has 4 heteroatoms. The van der Waals surface area contributed by atoms with Crippen LogP contribution in [-0.2, 0) is 4.79 Å². The summed E-state index contributed by atoms with van der Waals surface area (Å²) in [6, 6.07) is 0. The Morgan fingerprint density at radius 3 is 3.10 bits per heavy atom. The van der Waals surface area contributed by atoms with Crippen molar-refractivity contribution < 1.29 is 9.90 Å². The molecule has 0 unspecified atom stereocenters. The van der Waals surface area contributed by atoms with Crippen molar-refractivity contribution in [2.75, 3.05) is 0 Å². The second-order valence-corrected chi connectivity index (χ2v) is 1.76. The van der Waals surface area contributed by atoms with Gasteiger partial charge in [0.15, 0.2) is 0 Å². The molecule has 0 spiro atoms. The van der Waals surface area contributed by atoms with Gasteiger partial charge >= 0.3 is 5.97 Å². The van der Waals surface area contributed by atoms with Gasteiger partial charge < -0.3 is 5.11 Å². The third-order valence-electron chi connectivity index (χ3n) is 1.06. The van der Waals surface area contributed by atoms with Crippen molar-refractivity contribution in [3.05, 3.63) is 11.8 Å². The van der Waals surface area contributed by atoms with Gasteiger partial charge in [-0.25, -0.2) is 14.8 Å². The topological polar surface area (TPSA) is 62.0 Å². The number of aliphatic imine (C=N–C) groups is 2. The molecule has 0 saturated heterocycles. The SMILES string of the molecule is O=C(O)C1=CN=CN=CC1. The Morgan fingerprint density at radius 2 is 2.40 bits per heavy atom. The second kappa shape index (κ2) is 2.91. The van der Waals surface area contributed by atoms with E-state index in [1.165, 1.54) is 18.8 Å². The van der Waals surface area contributed by atoms with Crippen molar-refractivity contribution in [1.82, 2.24) is 0 Å². The summed E-state index contributed by atoms with van der Waals surface area (Å²) in [4.78, 5) is 17.6. The Kier molecular flexibility index (Phi) is 1.94. The van der Waals surface area contributed by atoms with Crippen LogP contribution in [-0.4, -0.2) is 23.6 Å². The van der Waals surface area contributed by atoms with E-state index in [9.17, 15) is 4.79 Å². The minimum atomic E-state index is -0.939. The Morgan fingerprint density at radius 1 is 1.60 bits per heavy atom. The zero-order chi connectivity index (χ0) is 7.40. The van der Waals surface area contributed by atoms with Gasteiger partial charge in [-0.3, -0.25) is 0 Å². The zero-order valence-electron chi connectivity index (χ0n) is 5.19. The van der Waals surface area contributed by atoms with Crippen molar-refractivity contribution in [3.8, 4) is 0 Å². The van der Waals surface area contributed by atoms with Gasteiger partial charge in [-0.1, -0.05) is 0 Å². The number of rotatable bonds is 1. The van der Waals surface area contributed by atoms with Gasteiger partial charge in [0, 0.05) is 18.8 Å². The van der Waals surface area contributed by atoms with Crippen molar-refractivity contribution >= 4 is 18.5 Å². The van der Waals surface area contributed by atoms with Gasteiger partial charge in [-0.2, -0.15) is 0 Å². The molecule has 0 aromatic rings. The first kappa shape index (κ1) is 6.67. The number of carbonyl (C=O) groups is 1. The Labute approximate surface area is 57.6 Å². The number of aliphatic carboxylic acids is 1. The molecule has 1 N–H and O–H groups in total. The van der Waals surface area contributed by atoms with E-state index in [2.05, 4.69) is 9.98 Å². The van der Waals surface area contributed by atoms with Gasteiger partial charge in [0.25, 0.3) is 0 Å². The van der Waals surface area contributed by atoms with Crippen molar-refractivity contribution in [1.29, 1.82) is 0 Å². The first-order valence-corrected chi connectivity index (χ1v) is 2.76. The molecule has 1 aliphatic rings. The first-order valence-electron chi connectivity index (χ1n) is 2.76. The quantitative estimate of drug-likeness (QED) is 0.572. The molecule has 0 aromatic heterocycles. The van der Waals surface area contributed by atoms with Crippen LogP contribution in [0.1, 0.15) is 6.42 Å². The third kappa shape index (κ3) is 1.51. The molecule has 0 radical (unpaired) electrons. The molecule has 10 heavy (non-hydrogen) atoms. The summed E-state index contributed by atoms with van der Waals surface area (Å²) in [6.45, 7) is 0. The Balaban J connectivity index is 2.78. The van der Waals surface area contributed by atoms with Gasteiger partial charge in [-0.15, -0.1) is 0 Å². The van der Waals surface area contributed by atoms with E-state index in [4.69, 9.17) is 5.11 Å². The number of hydrogen-bond donors (Lipinski definition) is 1. The van der Waals surface area contributed by atoms with Crippen LogP contribution in [0.5, 0.6) is 0 Å². The number of nitrogens with zero attached hydrogens (tertiary/aromatic N) is 2. The minimum absolute atomic E-state index is 0.262.